The van der Waals surface area contributed by atoms with Crippen LogP contribution in [0.1, 0.15) is 18.9 Å². The first kappa shape index (κ1) is 19.5. The van der Waals surface area contributed by atoms with Crippen molar-refractivity contribution in [2.75, 3.05) is 13.6 Å². The predicted octanol–water partition coefficient (Wildman–Crippen LogP) is 1.58. The molecule has 1 atom stereocenters. The van der Waals surface area contributed by atoms with Crippen LogP contribution in [-0.2, 0) is 11.2 Å². The van der Waals surface area contributed by atoms with Crippen LogP contribution in [0.25, 0.3) is 0 Å². The normalized spacial score (nSPS) is 10.8. The number of carbonyl (C=O) groups is 1. The van der Waals surface area contributed by atoms with Crippen molar-refractivity contribution in [3.63, 3.8) is 0 Å². The zero-order chi connectivity index (χ0) is 11.8. The Hall–Kier alpha value is -0.840. The van der Waals surface area contributed by atoms with E-state index in [-0.39, 0.29) is 36.8 Å². The van der Waals surface area contributed by atoms with Gasteiger partial charge in [0, 0.05) is 31.4 Å². The van der Waals surface area contributed by atoms with E-state index in [1.54, 1.807) is 12.4 Å². The third-order valence-electron chi connectivity index (χ3n) is 2.30. The zero-order valence-electron chi connectivity index (χ0n) is 10.7. The van der Waals surface area contributed by atoms with Crippen molar-refractivity contribution in [1.29, 1.82) is 0 Å². The number of hydrogen-bond acceptors (Lipinski definition) is 3. The zero-order valence-corrected chi connectivity index (χ0v) is 12.3. The highest BCUT2D eigenvalue weighted by Gasteiger charge is 2.07. The molecule has 18 heavy (non-hydrogen) atoms. The maximum absolute atomic E-state index is 11.4. The first-order valence-electron chi connectivity index (χ1n) is 5.55. The summed E-state index contributed by atoms with van der Waals surface area (Å²) in [6.07, 6.45) is 4.90. The van der Waals surface area contributed by atoms with Crippen LogP contribution in [-0.4, -0.2) is 30.5 Å². The number of aromatic nitrogens is 1. The van der Waals surface area contributed by atoms with E-state index in [9.17, 15) is 4.79 Å². The van der Waals surface area contributed by atoms with Gasteiger partial charge in [0.15, 0.2) is 0 Å². The molecule has 1 aromatic rings. The number of halogens is 2. The lowest BCUT2D eigenvalue weighted by atomic mass is 10.1. The van der Waals surface area contributed by atoms with Gasteiger partial charge in [-0.3, -0.25) is 9.78 Å². The Morgan fingerprint density at radius 3 is 2.50 bits per heavy atom. The maximum Gasteiger partial charge on any atom is 0.221 e. The van der Waals surface area contributed by atoms with Gasteiger partial charge in [0.25, 0.3) is 0 Å². The largest absolute Gasteiger partial charge is 0.353 e. The minimum absolute atomic E-state index is 0. The molecule has 4 nitrogen and oxygen atoms in total. The Labute approximate surface area is 121 Å². The van der Waals surface area contributed by atoms with Crippen molar-refractivity contribution in [3.05, 3.63) is 30.1 Å². The number of carbonyl (C=O) groups excluding carboxylic acids is 1. The molecule has 1 amide bonds. The molecule has 6 heteroatoms. The lowest BCUT2D eigenvalue weighted by Crippen LogP contribution is -2.35. The molecule has 0 spiro atoms. The van der Waals surface area contributed by atoms with Crippen molar-refractivity contribution < 1.29 is 4.79 Å². The van der Waals surface area contributed by atoms with Crippen LogP contribution in [0.15, 0.2) is 24.5 Å². The molecule has 0 aliphatic rings. The van der Waals surface area contributed by atoms with E-state index in [2.05, 4.69) is 15.6 Å². The number of hydrogen-bond donors (Lipinski definition) is 2. The first-order valence-corrected chi connectivity index (χ1v) is 5.55. The van der Waals surface area contributed by atoms with Gasteiger partial charge in [-0.25, -0.2) is 0 Å². The molecule has 0 bridgehead atoms. The van der Waals surface area contributed by atoms with Crippen molar-refractivity contribution in [1.82, 2.24) is 15.6 Å². The second-order valence-electron chi connectivity index (χ2n) is 3.88. The van der Waals surface area contributed by atoms with Crippen molar-refractivity contribution in [3.8, 4) is 0 Å². The van der Waals surface area contributed by atoms with Gasteiger partial charge in [0.2, 0.25) is 5.91 Å². The fourth-order valence-corrected chi connectivity index (χ4v) is 1.51. The SMILES string of the molecule is CNCCC(=O)NC(C)Cc1ccncc1.Cl.Cl. The molecule has 1 unspecified atom stereocenters. The fourth-order valence-electron chi connectivity index (χ4n) is 1.51. The summed E-state index contributed by atoms with van der Waals surface area (Å²) in [6, 6.07) is 4.10. The molecule has 104 valence electrons. The molecule has 1 rings (SSSR count). The second kappa shape index (κ2) is 11.3. The van der Waals surface area contributed by atoms with Gasteiger partial charge < -0.3 is 10.6 Å². The molecule has 0 saturated carbocycles. The van der Waals surface area contributed by atoms with Crippen LogP contribution in [0, 0.1) is 0 Å². The number of nitrogens with one attached hydrogen (secondary N) is 2. The van der Waals surface area contributed by atoms with E-state index in [1.165, 1.54) is 5.56 Å². The standard InChI is InChI=1S/C12H19N3O.2ClH/c1-10(15-12(16)5-6-13-2)9-11-3-7-14-8-4-11;;/h3-4,7-8,10,13H,5-6,9H2,1-2H3,(H,15,16);2*1H. The molecule has 0 aliphatic carbocycles. The summed E-state index contributed by atoms with van der Waals surface area (Å²) in [5, 5.41) is 5.92. The second-order valence-corrected chi connectivity index (χ2v) is 3.88. The average Bonchev–Trinajstić information content (AvgIpc) is 2.27. The van der Waals surface area contributed by atoms with E-state index in [1.807, 2.05) is 26.1 Å². The highest BCUT2D eigenvalue weighted by Crippen LogP contribution is 2.01. The van der Waals surface area contributed by atoms with Crippen LogP contribution in [0.4, 0.5) is 0 Å². The van der Waals surface area contributed by atoms with E-state index in [0.717, 1.165) is 6.42 Å². The minimum atomic E-state index is 0. The van der Waals surface area contributed by atoms with Crippen molar-refractivity contribution >= 4 is 30.7 Å². The number of nitrogens with zero attached hydrogens (tertiary/aromatic N) is 1. The van der Waals surface area contributed by atoms with Gasteiger partial charge in [-0.15, -0.1) is 24.8 Å². The third kappa shape index (κ3) is 8.28. The molecule has 0 fully saturated rings. The van der Waals surface area contributed by atoms with Crippen LogP contribution in [0.5, 0.6) is 0 Å². The topological polar surface area (TPSA) is 54.0 Å². The van der Waals surface area contributed by atoms with Gasteiger partial charge >= 0.3 is 0 Å². The molecular weight excluding hydrogens is 273 g/mol. The summed E-state index contributed by atoms with van der Waals surface area (Å²) in [5.41, 5.74) is 1.19. The van der Waals surface area contributed by atoms with Crippen LogP contribution in [0.3, 0.4) is 0 Å². The smallest absolute Gasteiger partial charge is 0.221 e. The first-order chi connectivity index (χ1) is 7.72. The van der Waals surface area contributed by atoms with E-state index in [0.29, 0.717) is 13.0 Å². The fraction of sp³-hybridized carbons (Fsp3) is 0.500. The molecule has 0 aliphatic heterocycles. The minimum Gasteiger partial charge on any atom is -0.353 e. The summed E-state index contributed by atoms with van der Waals surface area (Å²) in [4.78, 5) is 15.4. The maximum atomic E-state index is 11.4. The Morgan fingerprint density at radius 2 is 1.94 bits per heavy atom. The Bertz CT molecular complexity index is 322. The van der Waals surface area contributed by atoms with Crippen molar-refractivity contribution in [2.24, 2.45) is 0 Å². The van der Waals surface area contributed by atoms with Gasteiger partial charge in [-0.2, -0.15) is 0 Å². The average molecular weight is 294 g/mol. The van der Waals surface area contributed by atoms with Gasteiger partial charge in [0.1, 0.15) is 0 Å². The Balaban J connectivity index is 0. The number of amides is 1. The van der Waals surface area contributed by atoms with Crippen LogP contribution in [0.2, 0.25) is 0 Å². The molecule has 1 heterocycles. The van der Waals surface area contributed by atoms with Gasteiger partial charge in [-0.05, 0) is 38.1 Å². The summed E-state index contributed by atoms with van der Waals surface area (Å²) < 4.78 is 0. The van der Waals surface area contributed by atoms with Crippen LogP contribution >= 0.6 is 24.8 Å². The predicted molar refractivity (Wildman–Crippen MR) is 78.6 cm³/mol. The Kier molecular flexibility index (Phi) is 12.2. The number of pyridine rings is 1. The number of rotatable bonds is 6. The van der Waals surface area contributed by atoms with Gasteiger partial charge in [-0.1, -0.05) is 0 Å². The molecular formula is C12H21Cl2N3O. The lowest BCUT2D eigenvalue weighted by molar-refractivity contribution is -0.121. The molecule has 0 radical (unpaired) electrons. The lowest BCUT2D eigenvalue weighted by Gasteiger charge is -2.13. The highest BCUT2D eigenvalue weighted by molar-refractivity contribution is 5.85. The summed E-state index contributed by atoms with van der Waals surface area (Å²) in [7, 11) is 1.84. The molecule has 1 aromatic heterocycles. The molecule has 0 saturated heterocycles. The third-order valence-corrected chi connectivity index (χ3v) is 2.30. The van der Waals surface area contributed by atoms with E-state index in [4.69, 9.17) is 0 Å². The quantitative estimate of drug-likeness (QED) is 0.837. The van der Waals surface area contributed by atoms with Gasteiger partial charge in [0.05, 0.1) is 0 Å². The van der Waals surface area contributed by atoms with E-state index < -0.39 is 0 Å². The molecule has 0 aromatic carbocycles. The highest BCUT2D eigenvalue weighted by atomic mass is 35.5. The Morgan fingerprint density at radius 1 is 1.33 bits per heavy atom. The summed E-state index contributed by atoms with van der Waals surface area (Å²) in [5.74, 6) is 0.0934. The van der Waals surface area contributed by atoms with Crippen LogP contribution < -0.4 is 10.6 Å². The van der Waals surface area contributed by atoms with E-state index >= 15 is 0 Å². The summed E-state index contributed by atoms with van der Waals surface area (Å²) in [6.45, 7) is 2.73. The summed E-state index contributed by atoms with van der Waals surface area (Å²) >= 11 is 0. The molecule has 2 N–H and O–H groups in total. The van der Waals surface area contributed by atoms with Crippen molar-refractivity contribution in [2.45, 2.75) is 25.8 Å². The monoisotopic (exact) mass is 293 g/mol.